The van der Waals surface area contributed by atoms with Gasteiger partial charge in [-0.25, -0.2) is 8.42 Å². The summed E-state index contributed by atoms with van der Waals surface area (Å²) >= 11 is 0. The second-order valence-electron chi connectivity index (χ2n) is 7.64. The molecule has 0 saturated carbocycles. The highest BCUT2D eigenvalue weighted by Crippen LogP contribution is 2.35. The van der Waals surface area contributed by atoms with Gasteiger partial charge in [0.15, 0.2) is 11.5 Å². The van der Waals surface area contributed by atoms with Crippen molar-refractivity contribution in [2.24, 2.45) is 0 Å². The molecule has 0 aromatic heterocycles. The zero-order chi connectivity index (χ0) is 23.4. The third-order valence-corrected chi connectivity index (χ3v) is 7.58. The average Bonchev–Trinajstić information content (AvgIpc) is 2.87. The van der Waals surface area contributed by atoms with Crippen molar-refractivity contribution in [2.45, 2.75) is 18.4 Å². The number of benzene rings is 2. The zero-order valence-electron chi connectivity index (χ0n) is 18.8. The number of sulfonamides is 1. The van der Waals surface area contributed by atoms with Crippen LogP contribution in [0.4, 0.5) is 0 Å². The van der Waals surface area contributed by atoms with Gasteiger partial charge in [0.2, 0.25) is 10.0 Å². The van der Waals surface area contributed by atoms with Crippen LogP contribution in [0.2, 0.25) is 0 Å². The quantitative estimate of drug-likeness (QED) is 0.604. The smallest absolute Gasteiger partial charge is 0.257 e. The monoisotopic (exact) mass is 476 g/mol. The van der Waals surface area contributed by atoms with Crippen molar-refractivity contribution < 1.29 is 32.2 Å². The van der Waals surface area contributed by atoms with Crippen molar-refractivity contribution in [1.82, 2.24) is 9.21 Å². The number of nitrogens with zero attached hydrogens (tertiary/aromatic N) is 2. The lowest BCUT2D eigenvalue weighted by atomic mass is 10.1. The van der Waals surface area contributed by atoms with Crippen LogP contribution in [-0.4, -0.2) is 76.7 Å². The zero-order valence-corrected chi connectivity index (χ0v) is 19.6. The van der Waals surface area contributed by atoms with Gasteiger partial charge in [-0.15, -0.1) is 0 Å². The molecule has 2 aliphatic rings. The highest BCUT2D eigenvalue weighted by Gasteiger charge is 2.29. The molecular weight excluding hydrogens is 448 g/mol. The summed E-state index contributed by atoms with van der Waals surface area (Å²) in [5, 5.41) is 0. The van der Waals surface area contributed by atoms with Crippen molar-refractivity contribution in [3.8, 4) is 17.2 Å². The van der Waals surface area contributed by atoms with E-state index in [0.717, 1.165) is 5.56 Å². The summed E-state index contributed by atoms with van der Waals surface area (Å²) in [5.74, 6) is 1.26. The SMILES string of the molecule is CCN(Cc1cccc2c1OCCO2)C(=O)c1cc(S(=O)(=O)N2CCOCC2)ccc1OC. The van der Waals surface area contributed by atoms with Crippen LogP contribution in [0.15, 0.2) is 41.3 Å². The third kappa shape index (κ3) is 4.78. The molecule has 178 valence electrons. The van der Waals surface area contributed by atoms with E-state index in [4.69, 9.17) is 18.9 Å². The predicted molar refractivity (Wildman–Crippen MR) is 120 cm³/mol. The molecule has 0 spiro atoms. The first-order chi connectivity index (χ1) is 16.0. The number of para-hydroxylation sites is 1. The second-order valence-corrected chi connectivity index (χ2v) is 9.58. The second kappa shape index (κ2) is 9.98. The fourth-order valence-electron chi connectivity index (χ4n) is 3.91. The Hall–Kier alpha value is -2.82. The molecular formula is C23H28N2O7S. The lowest BCUT2D eigenvalue weighted by molar-refractivity contribution is 0.0729. The molecule has 9 nitrogen and oxygen atoms in total. The number of morpholine rings is 1. The Bertz CT molecular complexity index is 1110. The van der Waals surface area contributed by atoms with Gasteiger partial charge in [-0.2, -0.15) is 4.31 Å². The van der Waals surface area contributed by atoms with Crippen LogP contribution in [-0.2, 0) is 21.3 Å². The van der Waals surface area contributed by atoms with E-state index < -0.39 is 10.0 Å². The van der Waals surface area contributed by atoms with Crippen molar-refractivity contribution in [1.29, 1.82) is 0 Å². The van der Waals surface area contributed by atoms with E-state index in [-0.39, 0.29) is 36.0 Å². The minimum absolute atomic E-state index is 0.0541. The van der Waals surface area contributed by atoms with Crippen molar-refractivity contribution in [3.05, 3.63) is 47.5 Å². The van der Waals surface area contributed by atoms with E-state index in [1.807, 2.05) is 25.1 Å². The molecule has 4 rings (SSSR count). The lowest BCUT2D eigenvalue weighted by Gasteiger charge is -2.27. The highest BCUT2D eigenvalue weighted by atomic mass is 32.2. The van der Waals surface area contributed by atoms with E-state index in [9.17, 15) is 13.2 Å². The number of methoxy groups -OCH3 is 1. The van der Waals surface area contributed by atoms with Gasteiger partial charge in [0, 0.05) is 31.7 Å². The molecule has 33 heavy (non-hydrogen) atoms. The summed E-state index contributed by atoms with van der Waals surface area (Å²) < 4.78 is 49.7. The number of hydrogen-bond acceptors (Lipinski definition) is 7. The van der Waals surface area contributed by atoms with E-state index in [0.29, 0.717) is 50.2 Å². The van der Waals surface area contributed by atoms with E-state index in [2.05, 4.69) is 0 Å². The molecule has 0 bridgehead atoms. The molecule has 10 heteroatoms. The maximum atomic E-state index is 13.5. The molecule has 0 aliphatic carbocycles. The number of fused-ring (bicyclic) bond motifs is 1. The molecule has 0 N–H and O–H groups in total. The Balaban J connectivity index is 1.64. The fraction of sp³-hybridized carbons (Fsp3) is 0.435. The maximum absolute atomic E-state index is 13.5. The summed E-state index contributed by atoms with van der Waals surface area (Å²) in [6.45, 7) is 4.73. The predicted octanol–water partition coefficient (Wildman–Crippen LogP) is 2.15. The van der Waals surface area contributed by atoms with E-state index >= 15 is 0 Å². The summed E-state index contributed by atoms with van der Waals surface area (Å²) in [7, 11) is -2.30. The maximum Gasteiger partial charge on any atom is 0.257 e. The van der Waals surface area contributed by atoms with Crippen LogP contribution < -0.4 is 14.2 Å². The first kappa shape index (κ1) is 23.3. The average molecular weight is 477 g/mol. The number of rotatable bonds is 7. The van der Waals surface area contributed by atoms with Crippen molar-refractivity contribution in [2.75, 3.05) is 53.2 Å². The molecule has 2 aromatic carbocycles. The van der Waals surface area contributed by atoms with Crippen LogP contribution in [0, 0.1) is 0 Å². The van der Waals surface area contributed by atoms with Crippen LogP contribution in [0.1, 0.15) is 22.8 Å². The third-order valence-electron chi connectivity index (χ3n) is 5.69. The number of carbonyl (C=O) groups excluding carboxylic acids is 1. The summed E-state index contributed by atoms with van der Waals surface area (Å²) in [4.78, 5) is 15.2. The minimum atomic E-state index is -3.76. The molecule has 0 unspecified atom stereocenters. The number of hydrogen-bond donors (Lipinski definition) is 0. The van der Waals surface area contributed by atoms with Gasteiger partial charge in [-0.05, 0) is 31.2 Å². The molecule has 2 heterocycles. The molecule has 0 atom stereocenters. The van der Waals surface area contributed by atoms with Gasteiger partial charge >= 0.3 is 0 Å². The van der Waals surface area contributed by atoms with Gasteiger partial charge in [-0.3, -0.25) is 4.79 Å². The standard InChI is InChI=1S/C23H28N2O7S/c1-3-24(16-17-5-4-6-21-22(17)32-14-13-31-21)23(26)19-15-18(7-8-20(19)29-2)33(27,28)25-9-11-30-12-10-25/h4-8,15H,3,9-14,16H2,1-2H3. The Morgan fingerprint density at radius 1 is 1.09 bits per heavy atom. The fourth-order valence-corrected chi connectivity index (χ4v) is 5.35. The summed E-state index contributed by atoms with van der Waals surface area (Å²) in [5.41, 5.74) is 1.01. The first-order valence-electron chi connectivity index (χ1n) is 10.9. The minimum Gasteiger partial charge on any atom is -0.496 e. The van der Waals surface area contributed by atoms with Gasteiger partial charge in [0.1, 0.15) is 19.0 Å². The van der Waals surface area contributed by atoms with Crippen LogP contribution in [0.25, 0.3) is 0 Å². The van der Waals surface area contributed by atoms with E-state index in [1.165, 1.54) is 29.6 Å². The molecule has 1 saturated heterocycles. The lowest BCUT2D eigenvalue weighted by Crippen LogP contribution is -2.40. The Morgan fingerprint density at radius 3 is 2.58 bits per heavy atom. The van der Waals surface area contributed by atoms with Crippen molar-refractivity contribution >= 4 is 15.9 Å². The largest absolute Gasteiger partial charge is 0.496 e. The summed E-state index contributed by atoms with van der Waals surface area (Å²) in [6.07, 6.45) is 0. The molecule has 0 radical (unpaired) electrons. The van der Waals surface area contributed by atoms with Gasteiger partial charge in [-0.1, -0.05) is 12.1 Å². The van der Waals surface area contributed by atoms with Gasteiger partial charge in [0.05, 0.1) is 30.8 Å². The molecule has 1 amide bonds. The van der Waals surface area contributed by atoms with Gasteiger partial charge < -0.3 is 23.8 Å². The van der Waals surface area contributed by atoms with Crippen LogP contribution >= 0.6 is 0 Å². The Labute approximate surface area is 193 Å². The topological polar surface area (TPSA) is 94.6 Å². The van der Waals surface area contributed by atoms with Gasteiger partial charge in [0.25, 0.3) is 5.91 Å². The highest BCUT2D eigenvalue weighted by molar-refractivity contribution is 7.89. The van der Waals surface area contributed by atoms with E-state index in [1.54, 1.807) is 4.90 Å². The Morgan fingerprint density at radius 2 is 1.85 bits per heavy atom. The van der Waals surface area contributed by atoms with Crippen molar-refractivity contribution in [3.63, 3.8) is 0 Å². The molecule has 2 aliphatic heterocycles. The van der Waals surface area contributed by atoms with Crippen LogP contribution in [0.5, 0.6) is 17.2 Å². The number of amides is 1. The number of ether oxygens (including phenoxy) is 4. The van der Waals surface area contributed by atoms with Crippen LogP contribution in [0.3, 0.4) is 0 Å². The molecule has 2 aromatic rings. The summed E-state index contributed by atoms with van der Waals surface area (Å²) in [6, 6.07) is 9.97. The first-order valence-corrected chi connectivity index (χ1v) is 12.3. The normalized spacial score (nSPS) is 16.3. The Kier molecular flexibility index (Phi) is 7.06. The number of carbonyl (C=O) groups is 1. The molecule has 1 fully saturated rings.